The van der Waals surface area contributed by atoms with E-state index in [-0.39, 0.29) is 30.2 Å². The van der Waals surface area contributed by atoms with Crippen molar-refractivity contribution in [3.8, 4) is 5.75 Å². The molecule has 0 unspecified atom stereocenters. The molecule has 1 atom stereocenters. The predicted octanol–water partition coefficient (Wildman–Crippen LogP) is 4.18. The van der Waals surface area contributed by atoms with Crippen LogP contribution >= 0.6 is 11.3 Å². The number of aliphatic hydroxyl groups is 1. The summed E-state index contributed by atoms with van der Waals surface area (Å²) in [5.74, 6) is -1.99. The van der Waals surface area contributed by atoms with Crippen LogP contribution in [0.15, 0.2) is 35.2 Å². The van der Waals surface area contributed by atoms with E-state index in [1.807, 2.05) is 13.8 Å². The summed E-state index contributed by atoms with van der Waals surface area (Å²) in [5, 5.41) is 22.3. The lowest BCUT2D eigenvalue weighted by Crippen LogP contribution is -2.46. The molecule has 8 nitrogen and oxygen atoms in total. The average molecular weight is 585 g/mol. The van der Waals surface area contributed by atoms with Gasteiger partial charge >= 0.3 is 12.3 Å². The van der Waals surface area contributed by atoms with Crippen molar-refractivity contribution in [3.05, 3.63) is 45.9 Å². The zero-order valence-corrected chi connectivity index (χ0v) is 22.8. The third kappa shape index (κ3) is 10.8. The van der Waals surface area contributed by atoms with E-state index in [4.69, 9.17) is 5.11 Å². The fourth-order valence-corrected chi connectivity index (χ4v) is 5.74. The number of sulfonamides is 1. The number of aliphatic hydroxyl groups excluding tert-OH is 1. The number of carbonyl (C=O) groups is 1. The van der Waals surface area contributed by atoms with Crippen molar-refractivity contribution in [2.75, 3.05) is 20.1 Å². The highest BCUT2D eigenvalue weighted by Gasteiger charge is 2.32. The maximum Gasteiger partial charge on any atom is 0.573 e. The Morgan fingerprint density at radius 3 is 2.45 bits per heavy atom. The lowest BCUT2D eigenvalue weighted by atomic mass is 9.96. The van der Waals surface area contributed by atoms with Gasteiger partial charge in [0.1, 0.15) is 5.75 Å². The van der Waals surface area contributed by atoms with Crippen LogP contribution < -0.4 is 10.1 Å². The van der Waals surface area contributed by atoms with Crippen LogP contribution in [0.25, 0.3) is 0 Å². The summed E-state index contributed by atoms with van der Waals surface area (Å²) in [6, 6.07) is 5.88. The number of nitrogens with one attached hydrogen (secondary N) is 1. The van der Waals surface area contributed by atoms with Crippen molar-refractivity contribution < 1.29 is 45.7 Å². The van der Waals surface area contributed by atoms with Crippen molar-refractivity contribution in [1.29, 1.82) is 0 Å². The summed E-state index contributed by atoms with van der Waals surface area (Å²) in [4.78, 5) is 11.3. The van der Waals surface area contributed by atoms with Crippen molar-refractivity contribution in [1.82, 2.24) is 9.62 Å². The van der Waals surface area contributed by atoms with Crippen molar-refractivity contribution in [3.63, 3.8) is 0 Å². The molecule has 0 aliphatic rings. The summed E-state index contributed by atoms with van der Waals surface area (Å²) in [6.45, 7) is 3.52. The minimum Gasteiger partial charge on any atom is -0.481 e. The van der Waals surface area contributed by atoms with Crippen LogP contribution in [-0.4, -0.2) is 67.0 Å². The van der Waals surface area contributed by atoms with E-state index >= 15 is 0 Å². The zero-order chi connectivity index (χ0) is 28.7. The van der Waals surface area contributed by atoms with Gasteiger partial charge in [0.05, 0.1) is 11.0 Å². The minimum absolute atomic E-state index is 0.0374. The number of likely N-dealkylation sites (N-methyl/N-ethyl adjacent to an activating group) is 1. The number of carboxylic acid groups (broad SMARTS) is 1. The molecule has 0 aliphatic carbocycles. The second kappa shape index (κ2) is 13.2. The number of aliphatic carboxylic acids is 1. The Bertz CT molecular complexity index is 1180. The molecule has 3 N–H and O–H groups in total. The first-order valence-electron chi connectivity index (χ1n) is 11.7. The number of ether oxygens (including phenoxy) is 1. The van der Waals surface area contributed by atoms with Crippen LogP contribution in [0.5, 0.6) is 5.75 Å². The monoisotopic (exact) mass is 584 g/mol. The Morgan fingerprint density at radius 1 is 1.18 bits per heavy atom. The second-order valence-electron chi connectivity index (χ2n) is 9.52. The molecule has 0 radical (unpaired) electrons. The first-order chi connectivity index (χ1) is 17.5. The van der Waals surface area contributed by atoms with E-state index < -0.39 is 51.1 Å². The fraction of sp³-hybridized carbons (Fsp3) is 0.542. The molecule has 1 heterocycles. The highest BCUT2D eigenvalue weighted by atomic mass is 32.2. The Morgan fingerprint density at radius 2 is 1.87 bits per heavy atom. The third-order valence-electron chi connectivity index (χ3n) is 5.65. The number of hydrogen-bond acceptors (Lipinski definition) is 7. The van der Waals surface area contributed by atoms with Gasteiger partial charge in [0.15, 0.2) is 5.13 Å². The molecule has 38 heavy (non-hydrogen) atoms. The number of carboxylic acids is 1. The lowest BCUT2D eigenvalue weighted by molar-refractivity contribution is -0.274. The van der Waals surface area contributed by atoms with Gasteiger partial charge in [-0.25, -0.2) is 8.42 Å². The van der Waals surface area contributed by atoms with Gasteiger partial charge in [-0.05, 0) is 69.4 Å². The molecule has 2 aromatic rings. The molecule has 2 rings (SSSR count). The first-order valence-corrected chi connectivity index (χ1v) is 14.0. The van der Waals surface area contributed by atoms with E-state index in [0.29, 0.717) is 18.9 Å². The quantitative estimate of drug-likeness (QED) is 0.269. The molecule has 0 saturated carbocycles. The number of aryl methyl sites for hydroxylation is 2. The SMILES string of the molecule is CN(C[C@H](O)CNC(C)(C)CCCc1ccc(F)s1)S(=O)(=O)c1cc(CCC(=O)O)cc(OC(F)(F)F)c1. The van der Waals surface area contributed by atoms with Gasteiger partial charge in [-0.3, -0.25) is 4.79 Å². The number of rotatable bonds is 15. The average Bonchev–Trinajstić information content (AvgIpc) is 3.19. The van der Waals surface area contributed by atoms with E-state index in [9.17, 15) is 35.9 Å². The number of hydrogen-bond donors (Lipinski definition) is 3. The second-order valence-corrected chi connectivity index (χ2v) is 12.7. The molecule has 0 aliphatic heterocycles. The van der Waals surface area contributed by atoms with E-state index in [1.165, 1.54) is 13.1 Å². The highest BCUT2D eigenvalue weighted by molar-refractivity contribution is 7.89. The number of benzene rings is 1. The van der Waals surface area contributed by atoms with E-state index in [2.05, 4.69) is 10.1 Å². The largest absolute Gasteiger partial charge is 0.573 e. The number of halogens is 4. The number of alkyl halides is 3. The van der Waals surface area contributed by atoms with Crippen LogP contribution in [0.1, 0.15) is 43.6 Å². The molecule has 0 fully saturated rings. The highest BCUT2D eigenvalue weighted by Crippen LogP contribution is 2.29. The summed E-state index contributed by atoms with van der Waals surface area (Å²) in [7, 11) is -3.17. The lowest BCUT2D eigenvalue weighted by Gasteiger charge is -2.29. The summed E-state index contributed by atoms with van der Waals surface area (Å²) in [6.07, 6.45) is -4.67. The smallest absolute Gasteiger partial charge is 0.481 e. The predicted molar refractivity (Wildman–Crippen MR) is 134 cm³/mol. The number of β-amino-alcohol motifs (C(OH)–C–C–N with tert-alkyl or cyclic N) is 1. The molecule has 0 bridgehead atoms. The molecule has 0 amide bonds. The molecule has 0 saturated heterocycles. The van der Waals surface area contributed by atoms with Gasteiger partial charge in [0.25, 0.3) is 0 Å². The standard InChI is InChI=1S/C24H32F4N2O6S2/c1-23(2,10-4-5-19-7-8-21(25)37-19)29-14-17(31)15-30(3)38(34,35)20-12-16(6-9-22(32)33)11-18(13-20)36-24(26,27)28/h7-8,11-13,17,29,31H,4-6,9-10,14-15H2,1-3H3,(H,32,33)/t17-/m1/s1. The molecular weight excluding hydrogens is 552 g/mol. The van der Waals surface area contributed by atoms with E-state index in [1.54, 1.807) is 6.07 Å². The summed E-state index contributed by atoms with van der Waals surface area (Å²) in [5.41, 5.74) is -0.369. The van der Waals surface area contributed by atoms with Gasteiger partial charge in [-0.2, -0.15) is 8.70 Å². The van der Waals surface area contributed by atoms with Gasteiger partial charge in [-0.1, -0.05) is 0 Å². The summed E-state index contributed by atoms with van der Waals surface area (Å²) < 4.78 is 82.2. The van der Waals surface area contributed by atoms with Crippen molar-refractivity contribution >= 4 is 27.3 Å². The van der Waals surface area contributed by atoms with Gasteiger partial charge in [0.2, 0.25) is 10.0 Å². The number of nitrogens with zero attached hydrogens (tertiary/aromatic N) is 1. The third-order valence-corrected chi connectivity index (χ3v) is 8.38. The van der Waals surface area contributed by atoms with Crippen LogP contribution in [0.3, 0.4) is 0 Å². The molecule has 1 aromatic carbocycles. The topological polar surface area (TPSA) is 116 Å². The molecule has 0 spiro atoms. The Balaban J connectivity index is 2.02. The maximum absolute atomic E-state index is 13.1. The maximum atomic E-state index is 13.1. The Kier molecular flexibility index (Phi) is 11.1. The van der Waals surface area contributed by atoms with Crippen LogP contribution in [-0.2, 0) is 27.7 Å². The van der Waals surface area contributed by atoms with Crippen LogP contribution in [0, 0.1) is 5.13 Å². The molecule has 14 heteroatoms. The number of thiophene rings is 1. The molecule has 1 aromatic heterocycles. The van der Waals surface area contributed by atoms with Crippen molar-refractivity contribution in [2.24, 2.45) is 0 Å². The first kappa shape index (κ1) is 32.0. The van der Waals surface area contributed by atoms with Crippen LogP contribution in [0.4, 0.5) is 17.6 Å². The minimum atomic E-state index is -5.08. The van der Waals surface area contributed by atoms with Crippen molar-refractivity contribution in [2.45, 2.75) is 68.9 Å². The van der Waals surface area contributed by atoms with E-state index in [0.717, 1.165) is 39.1 Å². The zero-order valence-electron chi connectivity index (χ0n) is 21.2. The Hall–Kier alpha value is -2.26. The summed E-state index contributed by atoms with van der Waals surface area (Å²) >= 11 is 1.09. The Labute approximate surface area is 223 Å². The van der Waals surface area contributed by atoms with Gasteiger partial charge < -0.3 is 20.3 Å². The normalized spacial score (nSPS) is 13.6. The molecular formula is C24H32F4N2O6S2. The fourth-order valence-electron chi connectivity index (χ4n) is 3.68. The van der Waals surface area contributed by atoms with Gasteiger partial charge in [0, 0.05) is 43.0 Å². The molecule has 214 valence electrons. The van der Waals surface area contributed by atoms with Crippen LogP contribution in [0.2, 0.25) is 0 Å². The van der Waals surface area contributed by atoms with Gasteiger partial charge in [-0.15, -0.1) is 24.5 Å².